The van der Waals surface area contributed by atoms with Crippen LogP contribution in [0.3, 0.4) is 0 Å². The summed E-state index contributed by atoms with van der Waals surface area (Å²) in [5, 5.41) is 12.5. The van der Waals surface area contributed by atoms with E-state index in [1.165, 1.54) is 0 Å². The van der Waals surface area contributed by atoms with E-state index in [9.17, 15) is 9.90 Å². The van der Waals surface area contributed by atoms with Gasteiger partial charge in [-0.05, 0) is 30.5 Å². The molecule has 4 heteroatoms. The van der Waals surface area contributed by atoms with Crippen molar-refractivity contribution in [3.05, 3.63) is 29.3 Å². The standard InChI is InChI=1S/C13H18BrNO2/c1-8(2)11(14)7-15-13(17)10-5-4-9(3)6-12(10)16/h4-6,8,11,16H,7H2,1-3H3,(H,15,17). The summed E-state index contributed by atoms with van der Waals surface area (Å²) in [4.78, 5) is 12.0. The normalized spacial score (nSPS) is 12.5. The van der Waals surface area contributed by atoms with Crippen molar-refractivity contribution < 1.29 is 9.90 Å². The molecule has 0 aliphatic rings. The Labute approximate surface area is 110 Å². The molecule has 1 aromatic rings. The van der Waals surface area contributed by atoms with Crippen LogP contribution in [-0.2, 0) is 0 Å². The number of phenolic OH excluding ortho intramolecular Hbond substituents is 1. The summed E-state index contributed by atoms with van der Waals surface area (Å²) in [5.74, 6) is 0.229. The van der Waals surface area contributed by atoms with Gasteiger partial charge in [-0.3, -0.25) is 4.79 Å². The highest BCUT2D eigenvalue weighted by Crippen LogP contribution is 2.18. The van der Waals surface area contributed by atoms with Crippen molar-refractivity contribution in [2.75, 3.05) is 6.54 Å². The van der Waals surface area contributed by atoms with E-state index in [2.05, 4.69) is 35.1 Å². The Balaban J connectivity index is 2.64. The first kappa shape index (κ1) is 14.0. The van der Waals surface area contributed by atoms with Crippen LogP contribution in [0.15, 0.2) is 18.2 Å². The van der Waals surface area contributed by atoms with E-state index in [4.69, 9.17) is 0 Å². The molecule has 1 unspecified atom stereocenters. The number of aryl methyl sites for hydroxylation is 1. The van der Waals surface area contributed by atoms with Crippen LogP contribution in [0.4, 0.5) is 0 Å². The Morgan fingerprint density at radius 1 is 1.47 bits per heavy atom. The van der Waals surface area contributed by atoms with Crippen LogP contribution < -0.4 is 5.32 Å². The average molecular weight is 300 g/mol. The highest BCUT2D eigenvalue weighted by atomic mass is 79.9. The van der Waals surface area contributed by atoms with Crippen LogP contribution in [0.2, 0.25) is 0 Å². The van der Waals surface area contributed by atoms with Crippen molar-refractivity contribution in [2.45, 2.75) is 25.6 Å². The SMILES string of the molecule is Cc1ccc(C(=O)NCC(Br)C(C)C)c(O)c1. The molecule has 0 saturated carbocycles. The Hall–Kier alpha value is -1.03. The quantitative estimate of drug-likeness (QED) is 0.840. The van der Waals surface area contributed by atoms with Gasteiger partial charge in [0.2, 0.25) is 0 Å². The minimum Gasteiger partial charge on any atom is -0.507 e. The lowest BCUT2D eigenvalue weighted by atomic mass is 10.1. The molecule has 1 aromatic carbocycles. The van der Waals surface area contributed by atoms with E-state index in [0.717, 1.165) is 5.56 Å². The molecule has 1 atom stereocenters. The number of benzene rings is 1. The number of phenols is 1. The summed E-state index contributed by atoms with van der Waals surface area (Å²) in [6, 6.07) is 5.03. The largest absolute Gasteiger partial charge is 0.507 e. The summed E-state index contributed by atoms with van der Waals surface area (Å²) >= 11 is 3.50. The van der Waals surface area contributed by atoms with Gasteiger partial charge in [0.25, 0.3) is 5.91 Å². The zero-order chi connectivity index (χ0) is 13.0. The van der Waals surface area contributed by atoms with E-state index >= 15 is 0 Å². The molecule has 0 saturated heterocycles. The van der Waals surface area contributed by atoms with Crippen LogP contribution in [-0.4, -0.2) is 22.4 Å². The zero-order valence-corrected chi connectivity index (χ0v) is 11.9. The summed E-state index contributed by atoms with van der Waals surface area (Å²) in [6.45, 7) is 6.57. The summed E-state index contributed by atoms with van der Waals surface area (Å²) in [6.07, 6.45) is 0. The van der Waals surface area contributed by atoms with Gasteiger partial charge in [-0.1, -0.05) is 35.8 Å². The second-order valence-electron chi connectivity index (χ2n) is 4.49. The van der Waals surface area contributed by atoms with E-state index in [1.807, 2.05) is 13.0 Å². The van der Waals surface area contributed by atoms with Crippen molar-refractivity contribution >= 4 is 21.8 Å². The zero-order valence-electron chi connectivity index (χ0n) is 10.3. The van der Waals surface area contributed by atoms with Gasteiger partial charge in [0.15, 0.2) is 0 Å². The van der Waals surface area contributed by atoms with Gasteiger partial charge in [0.1, 0.15) is 5.75 Å². The highest BCUT2D eigenvalue weighted by Gasteiger charge is 2.14. The lowest BCUT2D eigenvalue weighted by Gasteiger charge is -2.14. The molecule has 0 spiro atoms. The predicted octanol–water partition coefficient (Wildman–Crippen LogP) is 2.85. The number of carbonyl (C=O) groups is 1. The van der Waals surface area contributed by atoms with Gasteiger partial charge < -0.3 is 10.4 Å². The van der Waals surface area contributed by atoms with E-state index in [0.29, 0.717) is 18.0 Å². The molecule has 2 N–H and O–H groups in total. The number of rotatable bonds is 4. The highest BCUT2D eigenvalue weighted by molar-refractivity contribution is 9.09. The van der Waals surface area contributed by atoms with Crippen LogP contribution in [0.1, 0.15) is 29.8 Å². The first-order chi connectivity index (χ1) is 7.91. The van der Waals surface area contributed by atoms with Crippen LogP contribution >= 0.6 is 15.9 Å². The summed E-state index contributed by atoms with van der Waals surface area (Å²) < 4.78 is 0. The van der Waals surface area contributed by atoms with Gasteiger partial charge in [-0.25, -0.2) is 0 Å². The second-order valence-corrected chi connectivity index (χ2v) is 5.67. The summed E-state index contributed by atoms with van der Waals surface area (Å²) in [5.41, 5.74) is 1.25. The van der Waals surface area contributed by atoms with Crippen molar-refractivity contribution in [2.24, 2.45) is 5.92 Å². The van der Waals surface area contributed by atoms with Gasteiger partial charge in [-0.2, -0.15) is 0 Å². The molecule has 94 valence electrons. The summed E-state index contributed by atoms with van der Waals surface area (Å²) in [7, 11) is 0. The molecule has 0 aliphatic carbocycles. The van der Waals surface area contributed by atoms with Crippen LogP contribution in [0.25, 0.3) is 0 Å². The Morgan fingerprint density at radius 2 is 2.12 bits per heavy atom. The third-order valence-corrected chi connectivity index (χ3v) is 3.96. The number of nitrogens with one attached hydrogen (secondary N) is 1. The Kier molecular flexibility index (Phi) is 5.00. The number of halogens is 1. The number of hydrogen-bond donors (Lipinski definition) is 2. The minimum absolute atomic E-state index is 0.0261. The predicted molar refractivity (Wildman–Crippen MR) is 72.7 cm³/mol. The van der Waals surface area contributed by atoms with Crippen LogP contribution in [0.5, 0.6) is 5.75 Å². The first-order valence-electron chi connectivity index (χ1n) is 5.63. The van der Waals surface area contributed by atoms with E-state index in [-0.39, 0.29) is 16.5 Å². The average Bonchev–Trinajstić information content (AvgIpc) is 2.25. The fraction of sp³-hybridized carbons (Fsp3) is 0.462. The van der Waals surface area contributed by atoms with Gasteiger partial charge in [-0.15, -0.1) is 0 Å². The van der Waals surface area contributed by atoms with E-state index < -0.39 is 0 Å². The molecule has 1 rings (SSSR count). The number of amides is 1. The molecule has 0 aromatic heterocycles. The number of alkyl halides is 1. The molecule has 17 heavy (non-hydrogen) atoms. The fourth-order valence-electron chi connectivity index (χ4n) is 1.35. The van der Waals surface area contributed by atoms with Crippen LogP contribution in [0, 0.1) is 12.8 Å². The maximum absolute atomic E-state index is 11.8. The van der Waals surface area contributed by atoms with Crippen molar-refractivity contribution in [3.8, 4) is 5.75 Å². The number of aromatic hydroxyl groups is 1. The lowest BCUT2D eigenvalue weighted by molar-refractivity contribution is 0.0950. The lowest BCUT2D eigenvalue weighted by Crippen LogP contribution is -2.31. The molecule has 0 fully saturated rings. The first-order valence-corrected chi connectivity index (χ1v) is 6.55. The molecular weight excluding hydrogens is 282 g/mol. The second kappa shape index (κ2) is 6.05. The topological polar surface area (TPSA) is 49.3 Å². The fourth-order valence-corrected chi connectivity index (χ4v) is 1.52. The van der Waals surface area contributed by atoms with Gasteiger partial charge >= 0.3 is 0 Å². The van der Waals surface area contributed by atoms with Gasteiger partial charge in [0.05, 0.1) is 5.56 Å². The molecule has 1 amide bonds. The third kappa shape index (κ3) is 4.04. The Bertz CT molecular complexity index is 404. The minimum atomic E-state index is -0.243. The van der Waals surface area contributed by atoms with Crippen molar-refractivity contribution in [1.29, 1.82) is 0 Å². The van der Waals surface area contributed by atoms with Crippen molar-refractivity contribution in [3.63, 3.8) is 0 Å². The molecule has 0 radical (unpaired) electrons. The molecule has 0 heterocycles. The molecular formula is C13H18BrNO2. The molecule has 0 aliphatic heterocycles. The maximum Gasteiger partial charge on any atom is 0.255 e. The van der Waals surface area contributed by atoms with Gasteiger partial charge in [0, 0.05) is 11.4 Å². The maximum atomic E-state index is 11.8. The van der Waals surface area contributed by atoms with E-state index in [1.54, 1.807) is 12.1 Å². The molecule has 3 nitrogen and oxygen atoms in total. The number of hydrogen-bond acceptors (Lipinski definition) is 2. The smallest absolute Gasteiger partial charge is 0.255 e. The third-order valence-electron chi connectivity index (χ3n) is 2.58. The number of carbonyl (C=O) groups excluding carboxylic acids is 1. The van der Waals surface area contributed by atoms with Crippen molar-refractivity contribution in [1.82, 2.24) is 5.32 Å². The Morgan fingerprint density at radius 3 is 2.65 bits per heavy atom. The monoisotopic (exact) mass is 299 g/mol. The molecule has 0 bridgehead atoms.